The number of aliphatic carboxylic acids is 1. The van der Waals surface area contributed by atoms with Gasteiger partial charge in [0.2, 0.25) is 0 Å². The Balaban J connectivity index is 2.71. The van der Waals surface area contributed by atoms with Crippen LogP contribution in [0, 0.1) is 0 Å². The molecule has 3 atom stereocenters. The van der Waals surface area contributed by atoms with Crippen LogP contribution in [0.15, 0.2) is 0 Å². The molecular weight excluding hydrogens is 156 g/mol. The number of hydrogen-bond donors (Lipinski definition) is 4. The summed E-state index contributed by atoms with van der Waals surface area (Å²) in [6.45, 7) is 0. The first kappa shape index (κ1) is 8.41. The van der Waals surface area contributed by atoms with Gasteiger partial charge in [0.05, 0.1) is 0 Å². The van der Waals surface area contributed by atoms with Gasteiger partial charge in [-0.05, 0) is 0 Å². The maximum absolute atomic E-state index is 10.2. The fourth-order valence-electron chi connectivity index (χ4n) is 0.848. The van der Waals surface area contributed by atoms with E-state index in [9.17, 15) is 4.79 Å². The second-order valence-electron chi connectivity index (χ2n) is 2.37. The van der Waals surface area contributed by atoms with Crippen LogP contribution in [0.1, 0.15) is 6.42 Å². The first-order valence-electron chi connectivity index (χ1n) is 2.95. The maximum Gasteiger partial charge on any atom is 0.364 e. The van der Waals surface area contributed by atoms with E-state index < -0.39 is 30.6 Å². The molecule has 1 unspecified atom stereocenters. The van der Waals surface area contributed by atoms with Crippen molar-refractivity contribution in [2.24, 2.45) is 0 Å². The van der Waals surface area contributed by atoms with Gasteiger partial charge >= 0.3 is 5.97 Å². The quantitative estimate of drug-likeness (QED) is 0.352. The fraction of sp³-hybridized carbons (Fsp3) is 0.800. The Kier molecular flexibility index (Phi) is 1.85. The average molecular weight is 164 g/mol. The number of hydrogen-bond acceptors (Lipinski definition) is 5. The summed E-state index contributed by atoms with van der Waals surface area (Å²) in [5.41, 5.74) is 0. The van der Waals surface area contributed by atoms with Crippen molar-refractivity contribution in [3.05, 3.63) is 0 Å². The summed E-state index contributed by atoms with van der Waals surface area (Å²) >= 11 is 0. The smallest absolute Gasteiger partial charge is 0.364 e. The van der Waals surface area contributed by atoms with Gasteiger partial charge < -0.3 is 25.2 Å². The highest BCUT2D eigenvalue weighted by molar-refractivity contribution is 5.75. The Morgan fingerprint density at radius 3 is 2.27 bits per heavy atom. The van der Waals surface area contributed by atoms with Crippen LogP contribution in [-0.4, -0.2) is 44.6 Å². The summed E-state index contributed by atoms with van der Waals surface area (Å²) in [7, 11) is 0. The molecule has 0 aliphatic carbocycles. The molecule has 6 nitrogen and oxygen atoms in total. The minimum Gasteiger partial charge on any atom is -0.477 e. The lowest BCUT2D eigenvalue weighted by Gasteiger charge is -2.14. The molecule has 1 rings (SSSR count). The van der Waals surface area contributed by atoms with Gasteiger partial charge in [0.25, 0.3) is 5.79 Å². The molecule has 0 amide bonds. The number of ether oxygens (including phenoxy) is 1. The summed E-state index contributed by atoms with van der Waals surface area (Å²) in [5.74, 6) is -4.06. The number of carboxylic acid groups (broad SMARTS) is 1. The van der Waals surface area contributed by atoms with Crippen molar-refractivity contribution >= 4 is 5.97 Å². The average Bonchev–Trinajstić information content (AvgIpc) is 2.09. The van der Waals surface area contributed by atoms with E-state index in [4.69, 9.17) is 20.4 Å². The largest absolute Gasteiger partial charge is 0.477 e. The van der Waals surface area contributed by atoms with Crippen molar-refractivity contribution in [2.45, 2.75) is 24.6 Å². The summed E-state index contributed by atoms with van der Waals surface area (Å²) in [5, 5.41) is 34.7. The number of aliphatic hydroxyl groups is 3. The van der Waals surface area contributed by atoms with Gasteiger partial charge in [0, 0.05) is 6.42 Å². The Labute approximate surface area is 61.6 Å². The molecule has 0 aromatic rings. The molecule has 0 radical (unpaired) electrons. The van der Waals surface area contributed by atoms with Crippen molar-refractivity contribution in [3.63, 3.8) is 0 Å². The molecule has 1 fully saturated rings. The molecule has 1 aliphatic rings. The summed E-state index contributed by atoms with van der Waals surface area (Å²) in [4.78, 5) is 10.2. The molecule has 1 heterocycles. The minimum atomic E-state index is -2.45. The van der Waals surface area contributed by atoms with Crippen LogP contribution in [0.5, 0.6) is 0 Å². The van der Waals surface area contributed by atoms with Gasteiger partial charge in [0.15, 0.2) is 6.29 Å². The molecule has 0 spiro atoms. The predicted octanol–water partition coefficient (Wildman–Crippen LogP) is -2.14. The second-order valence-corrected chi connectivity index (χ2v) is 2.37. The summed E-state index contributed by atoms with van der Waals surface area (Å²) in [6, 6.07) is 0. The molecule has 6 heteroatoms. The molecule has 0 saturated carbocycles. The Hall–Kier alpha value is -0.690. The van der Waals surface area contributed by atoms with E-state index in [0.29, 0.717) is 0 Å². The fourth-order valence-corrected chi connectivity index (χ4v) is 0.848. The van der Waals surface area contributed by atoms with Crippen molar-refractivity contribution in [3.8, 4) is 0 Å². The van der Waals surface area contributed by atoms with Crippen molar-refractivity contribution in [1.29, 1.82) is 0 Å². The van der Waals surface area contributed by atoms with E-state index >= 15 is 0 Å². The zero-order chi connectivity index (χ0) is 8.65. The highest BCUT2D eigenvalue weighted by atomic mass is 16.7. The van der Waals surface area contributed by atoms with Crippen LogP contribution in [0.4, 0.5) is 0 Å². The summed E-state index contributed by atoms with van der Waals surface area (Å²) in [6.07, 6.45) is -3.50. The van der Waals surface area contributed by atoms with Gasteiger partial charge in [-0.3, -0.25) is 0 Å². The van der Waals surface area contributed by atoms with Gasteiger partial charge in [-0.15, -0.1) is 0 Å². The number of aliphatic hydroxyl groups excluding tert-OH is 2. The van der Waals surface area contributed by atoms with Gasteiger partial charge in [-0.2, -0.15) is 0 Å². The molecule has 0 bridgehead atoms. The first-order valence-corrected chi connectivity index (χ1v) is 2.95. The monoisotopic (exact) mass is 164 g/mol. The normalized spacial score (nSPS) is 44.3. The maximum atomic E-state index is 10.2. The lowest BCUT2D eigenvalue weighted by atomic mass is 10.1. The third kappa shape index (κ3) is 1.33. The van der Waals surface area contributed by atoms with Gasteiger partial charge in [0.1, 0.15) is 6.10 Å². The molecule has 1 saturated heterocycles. The topological polar surface area (TPSA) is 107 Å². The zero-order valence-corrected chi connectivity index (χ0v) is 5.47. The predicted molar refractivity (Wildman–Crippen MR) is 30.3 cm³/mol. The van der Waals surface area contributed by atoms with E-state index in [2.05, 4.69) is 4.74 Å². The van der Waals surface area contributed by atoms with Crippen LogP contribution in [-0.2, 0) is 9.53 Å². The molecule has 64 valence electrons. The molecular formula is C5H8O6. The lowest BCUT2D eigenvalue weighted by molar-refractivity contribution is -0.245. The molecule has 0 aromatic heterocycles. The Bertz CT molecular complexity index is 168. The van der Waals surface area contributed by atoms with Crippen LogP contribution >= 0.6 is 0 Å². The Morgan fingerprint density at radius 1 is 1.55 bits per heavy atom. The highest BCUT2D eigenvalue weighted by Gasteiger charge is 2.50. The van der Waals surface area contributed by atoms with E-state index in [1.165, 1.54) is 0 Å². The lowest BCUT2D eigenvalue weighted by Crippen LogP contribution is -2.38. The van der Waals surface area contributed by atoms with Crippen molar-refractivity contribution in [2.75, 3.05) is 0 Å². The number of carboxylic acids is 1. The van der Waals surface area contributed by atoms with Crippen molar-refractivity contribution in [1.82, 2.24) is 0 Å². The van der Waals surface area contributed by atoms with Crippen LogP contribution in [0.2, 0.25) is 0 Å². The van der Waals surface area contributed by atoms with Crippen LogP contribution in [0.25, 0.3) is 0 Å². The van der Waals surface area contributed by atoms with E-state index in [1.807, 2.05) is 0 Å². The number of rotatable bonds is 1. The van der Waals surface area contributed by atoms with Crippen LogP contribution < -0.4 is 0 Å². The molecule has 1 aliphatic heterocycles. The second kappa shape index (κ2) is 2.42. The van der Waals surface area contributed by atoms with Gasteiger partial charge in [-0.1, -0.05) is 0 Å². The third-order valence-electron chi connectivity index (χ3n) is 1.46. The first-order chi connectivity index (χ1) is 4.96. The number of carbonyl (C=O) groups is 1. The minimum absolute atomic E-state index is 0.524. The van der Waals surface area contributed by atoms with Crippen LogP contribution in [0.3, 0.4) is 0 Å². The molecule has 11 heavy (non-hydrogen) atoms. The van der Waals surface area contributed by atoms with E-state index in [0.717, 1.165) is 0 Å². The van der Waals surface area contributed by atoms with Gasteiger partial charge in [-0.25, -0.2) is 4.79 Å². The molecule has 0 aromatic carbocycles. The summed E-state index contributed by atoms with van der Waals surface area (Å²) < 4.78 is 4.18. The Morgan fingerprint density at radius 2 is 2.09 bits per heavy atom. The SMILES string of the molecule is O=C(O)[C@]1(O)C[C@H](O)C(O)O1. The standard InChI is InChI=1S/C5H8O6/c6-2-1-5(10,4(8)9)11-3(2)7/h2-3,6-7,10H,1H2,(H,8,9)/t2-,3?,5-/m0/s1. The van der Waals surface area contributed by atoms with Crippen molar-refractivity contribution < 1.29 is 30.0 Å². The third-order valence-corrected chi connectivity index (χ3v) is 1.46. The van der Waals surface area contributed by atoms with E-state index in [1.54, 1.807) is 0 Å². The van der Waals surface area contributed by atoms with E-state index in [-0.39, 0.29) is 0 Å². The zero-order valence-electron chi connectivity index (χ0n) is 5.47. The molecule has 4 N–H and O–H groups in total. The highest BCUT2D eigenvalue weighted by Crippen LogP contribution is 2.27.